The Morgan fingerprint density at radius 2 is 1.90 bits per heavy atom. The first-order chi connectivity index (χ1) is 14.2. The Bertz CT molecular complexity index is 1010. The molecule has 0 spiro atoms. The molecule has 8 nitrogen and oxygen atoms in total. The van der Waals surface area contributed by atoms with Gasteiger partial charge in [-0.2, -0.15) is 10.2 Å². The van der Waals surface area contributed by atoms with E-state index in [2.05, 4.69) is 20.7 Å². The lowest BCUT2D eigenvalue weighted by Gasteiger charge is -2.07. The molecule has 29 heavy (non-hydrogen) atoms. The van der Waals surface area contributed by atoms with Crippen LogP contribution < -0.4 is 19.6 Å². The van der Waals surface area contributed by atoms with Gasteiger partial charge >= 0.3 is 0 Å². The molecule has 2 aromatic carbocycles. The predicted molar refractivity (Wildman–Crippen MR) is 110 cm³/mol. The minimum absolute atomic E-state index is 0.288. The van der Waals surface area contributed by atoms with Crippen LogP contribution in [-0.2, 0) is 0 Å². The fourth-order valence-corrected chi connectivity index (χ4v) is 2.69. The lowest BCUT2D eigenvalue weighted by molar-refractivity contribution is 0.0950. The van der Waals surface area contributed by atoms with E-state index in [0.717, 1.165) is 11.1 Å². The van der Waals surface area contributed by atoms with Crippen molar-refractivity contribution in [3.63, 3.8) is 0 Å². The van der Waals surface area contributed by atoms with Crippen LogP contribution >= 0.6 is 0 Å². The molecule has 1 amide bonds. The maximum atomic E-state index is 12.3. The van der Waals surface area contributed by atoms with E-state index in [4.69, 9.17) is 14.2 Å². The maximum absolute atomic E-state index is 12.3. The number of hydrogen-bond donors (Lipinski definition) is 2. The van der Waals surface area contributed by atoms with Crippen molar-refractivity contribution < 1.29 is 19.0 Å². The first-order valence-electron chi connectivity index (χ1n) is 8.99. The molecule has 0 radical (unpaired) electrons. The number of para-hydroxylation sites is 1. The number of benzene rings is 2. The van der Waals surface area contributed by atoms with Crippen LogP contribution in [0.15, 0.2) is 53.6 Å². The number of nitrogens with zero attached hydrogens (tertiary/aromatic N) is 2. The summed E-state index contributed by atoms with van der Waals surface area (Å²) in [4.78, 5) is 12.3. The molecular formula is C21H22N4O4. The zero-order valence-electron chi connectivity index (χ0n) is 16.4. The molecular weight excluding hydrogens is 372 g/mol. The number of aromatic amines is 1. The topological polar surface area (TPSA) is 97.8 Å². The van der Waals surface area contributed by atoms with Crippen molar-refractivity contribution in [1.82, 2.24) is 15.6 Å². The number of hydrogen-bond acceptors (Lipinski definition) is 6. The second kappa shape index (κ2) is 9.41. The van der Waals surface area contributed by atoms with Gasteiger partial charge < -0.3 is 14.2 Å². The molecule has 8 heteroatoms. The molecule has 3 rings (SSSR count). The molecule has 0 aliphatic rings. The average molecular weight is 394 g/mol. The molecule has 1 heterocycles. The number of carbonyl (C=O) groups is 1. The average Bonchev–Trinajstić information content (AvgIpc) is 3.24. The van der Waals surface area contributed by atoms with Crippen LogP contribution in [0.4, 0.5) is 0 Å². The molecule has 2 N–H and O–H groups in total. The summed E-state index contributed by atoms with van der Waals surface area (Å²) in [5, 5.41) is 10.9. The van der Waals surface area contributed by atoms with Gasteiger partial charge in [-0.15, -0.1) is 0 Å². The van der Waals surface area contributed by atoms with Crippen LogP contribution in [0.5, 0.6) is 17.2 Å². The highest BCUT2D eigenvalue weighted by molar-refractivity contribution is 5.94. The van der Waals surface area contributed by atoms with Gasteiger partial charge in [-0.05, 0) is 48.9 Å². The Morgan fingerprint density at radius 1 is 1.10 bits per heavy atom. The quantitative estimate of drug-likeness (QED) is 0.451. The Balaban J connectivity index is 1.69. The number of nitrogens with one attached hydrogen (secondary N) is 2. The van der Waals surface area contributed by atoms with Crippen LogP contribution in [-0.4, -0.2) is 43.1 Å². The molecule has 150 valence electrons. The van der Waals surface area contributed by atoms with Crippen LogP contribution in [0.1, 0.15) is 23.0 Å². The Labute approximate surface area is 168 Å². The zero-order valence-corrected chi connectivity index (χ0v) is 16.4. The highest BCUT2D eigenvalue weighted by Gasteiger charge is 2.13. The van der Waals surface area contributed by atoms with E-state index < -0.39 is 5.91 Å². The number of hydrazone groups is 1. The zero-order chi connectivity index (χ0) is 20.6. The van der Waals surface area contributed by atoms with Crippen molar-refractivity contribution in [2.45, 2.75) is 6.92 Å². The fraction of sp³-hybridized carbons (Fsp3) is 0.190. The fourth-order valence-electron chi connectivity index (χ4n) is 2.69. The summed E-state index contributed by atoms with van der Waals surface area (Å²) < 4.78 is 16.1. The van der Waals surface area contributed by atoms with Crippen molar-refractivity contribution in [2.75, 3.05) is 20.8 Å². The normalized spacial score (nSPS) is 10.7. The van der Waals surface area contributed by atoms with E-state index in [1.165, 1.54) is 6.21 Å². The summed E-state index contributed by atoms with van der Waals surface area (Å²) >= 11 is 0. The Morgan fingerprint density at radius 3 is 2.66 bits per heavy atom. The standard InChI is InChI=1S/C21H22N4O4/c1-4-29-18-8-6-5-7-15(18)16-12-17(24-23-16)21(26)25-22-13-14-9-10-19(27-2)20(11-14)28-3/h5-13H,4H2,1-3H3,(H,23,24)(H,25,26). The molecule has 0 bridgehead atoms. The number of amides is 1. The summed E-state index contributed by atoms with van der Waals surface area (Å²) in [6.45, 7) is 2.45. The van der Waals surface area contributed by atoms with Crippen molar-refractivity contribution >= 4 is 12.1 Å². The van der Waals surface area contributed by atoms with Gasteiger partial charge in [0.2, 0.25) is 0 Å². The van der Waals surface area contributed by atoms with Crippen LogP contribution in [0.3, 0.4) is 0 Å². The van der Waals surface area contributed by atoms with Gasteiger partial charge in [0.1, 0.15) is 11.4 Å². The number of aromatic nitrogens is 2. The molecule has 0 aliphatic heterocycles. The van der Waals surface area contributed by atoms with E-state index in [-0.39, 0.29) is 5.69 Å². The molecule has 1 aromatic heterocycles. The van der Waals surface area contributed by atoms with E-state index in [1.54, 1.807) is 38.5 Å². The number of rotatable bonds is 8. The predicted octanol–water partition coefficient (Wildman–Crippen LogP) is 3.26. The maximum Gasteiger partial charge on any atom is 0.289 e. The van der Waals surface area contributed by atoms with Crippen molar-refractivity contribution in [3.8, 4) is 28.5 Å². The van der Waals surface area contributed by atoms with Gasteiger partial charge in [-0.3, -0.25) is 9.89 Å². The first-order valence-corrected chi connectivity index (χ1v) is 8.99. The third-order valence-electron chi connectivity index (χ3n) is 4.07. The minimum Gasteiger partial charge on any atom is -0.493 e. The highest BCUT2D eigenvalue weighted by atomic mass is 16.5. The van der Waals surface area contributed by atoms with Crippen molar-refractivity contribution in [1.29, 1.82) is 0 Å². The van der Waals surface area contributed by atoms with Crippen LogP contribution in [0.25, 0.3) is 11.3 Å². The summed E-state index contributed by atoms with van der Waals surface area (Å²) in [7, 11) is 3.12. The number of carbonyl (C=O) groups excluding carboxylic acids is 1. The lowest BCUT2D eigenvalue weighted by atomic mass is 10.1. The SMILES string of the molecule is CCOc1ccccc1-c1cc(C(=O)NN=Cc2ccc(OC)c(OC)c2)[nH]n1. The summed E-state index contributed by atoms with van der Waals surface area (Å²) in [6, 6.07) is 14.5. The monoisotopic (exact) mass is 394 g/mol. The highest BCUT2D eigenvalue weighted by Crippen LogP contribution is 2.29. The molecule has 0 aliphatic carbocycles. The summed E-state index contributed by atoms with van der Waals surface area (Å²) in [5.74, 6) is 1.49. The van der Waals surface area contributed by atoms with Gasteiger partial charge in [0.25, 0.3) is 5.91 Å². The van der Waals surface area contributed by atoms with Gasteiger partial charge in [0, 0.05) is 5.56 Å². The van der Waals surface area contributed by atoms with E-state index >= 15 is 0 Å². The van der Waals surface area contributed by atoms with Crippen LogP contribution in [0, 0.1) is 0 Å². The van der Waals surface area contributed by atoms with Crippen molar-refractivity contribution in [3.05, 3.63) is 59.8 Å². The van der Waals surface area contributed by atoms with Gasteiger partial charge in [0.15, 0.2) is 11.5 Å². The molecule has 0 atom stereocenters. The largest absolute Gasteiger partial charge is 0.493 e. The molecule has 0 saturated carbocycles. The number of H-pyrrole nitrogens is 1. The van der Waals surface area contributed by atoms with Gasteiger partial charge in [-0.25, -0.2) is 5.43 Å². The molecule has 0 fully saturated rings. The second-order valence-electron chi connectivity index (χ2n) is 5.91. The van der Waals surface area contributed by atoms with Crippen LogP contribution in [0.2, 0.25) is 0 Å². The third-order valence-corrected chi connectivity index (χ3v) is 4.07. The van der Waals surface area contributed by atoms with Gasteiger partial charge in [0.05, 0.1) is 32.7 Å². The molecule has 0 saturated heterocycles. The van der Waals surface area contributed by atoms with E-state index in [9.17, 15) is 4.79 Å². The van der Waals surface area contributed by atoms with E-state index in [0.29, 0.717) is 29.5 Å². The summed E-state index contributed by atoms with van der Waals surface area (Å²) in [5.41, 5.74) is 4.93. The number of ether oxygens (including phenoxy) is 3. The second-order valence-corrected chi connectivity index (χ2v) is 5.91. The Hall–Kier alpha value is -3.81. The Kier molecular flexibility index (Phi) is 6.47. The third kappa shape index (κ3) is 4.73. The number of methoxy groups -OCH3 is 2. The smallest absolute Gasteiger partial charge is 0.289 e. The van der Waals surface area contributed by atoms with Gasteiger partial charge in [-0.1, -0.05) is 12.1 Å². The minimum atomic E-state index is -0.408. The first kappa shape index (κ1) is 19.9. The summed E-state index contributed by atoms with van der Waals surface area (Å²) in [6.07, 6.45) is 1.52. The molecule has 3 aromatic rings. The molecule has 0 unspecified atom stereocenters. The van der Waals surface area contributed by atoms with Crippen molar-refractivity contribution in [2.24, 2.45) is 5.10 Å². The lowest BCUT2D eigenvalue weighted by Crippen LogP contribution is -2.18. The van der Waals surface area contributed by atoms with E-state index in [1.807, 2.05) is 31.2 Å².